The lowest BCUT2D eigenvalue weighted by atomic mass is 10.1. The van der Waals surface area contributed by atoms with Crippen LogP contribution >= 0.6 is 12.4 Å². The fourth-order valence-electron chi connectivity index (χ4n) is 2.26. The fraction of sp³-hybridized carbons (Fsp3) is 0.368. The number of ether oxygens (including phenoxy) is 2. The predicted molar refractivity (Wildman–Crippen MR) is 104 cm³/mol. The van der Waals surface area contributed by atoms with Crippen LogP contribution in [-0.2, 0) is 11.3 Å². The van der Waals surface area contributed by atoms with E-state index in [2.05, 4.69) is 10.3 Å². The maximum atomic E-state index is 11.8. The van der Waals surface area contributed by atoms with Crippen LogP contribution in [0.3, 0.4) is 0 Å². The summed E-state index contributed by atoms with van der Waals surface area (Å²) in [6.07, 6.45) is 3.23. The van der Waals surface area contributed by atoms with Crippen LogP contribution in [0.15, 0.2) is 42.6 Å². The number of amides is 1. The normalized spacial score (nSPS) is 11.2. The molecule has 2 rings (SSSR count). The topological polar surface area (TPSA) is 86.5 Å². The van der Waals surface area contributed by atoms with Gasteiger partial charge < -0.3 is 20.5 Å². The molecule has 2 aromatic rings. The maximum Gasteiger partial charge on any atom is 0.237 e. The van der Waals surface area contributed by atoms with Crippen LogP contribution in [0, 0.1) is 0 Å². The van der Waals surface area contributed by atoms with Crippen molar-refractivity contribution in [3.8, 4) is 17.4 Å². The summed E-state index contributed by atoms with van der Waals surface area (Å²) >= 11 is 0. The molecule has 0 saturated carbocycles. The number of hydrogen-bond donors (Lipinski definition) is 2. The van der Waals surface area contributed by atoms with E-state index >= 15 is 0 Å². The van der Waals surface area contributed by atoms with E-state index in [1.54, 1.807) is 12.3 Å². The van der Waals surface area contributed by atoms with E-state index in [4.69, 9.17) is 15.2 Å². The highest BCUT2D eigenvalue weighted by atomic mass is 35.5. The quantitative estimate of drug-likeness (QED) is 0.697. The molecule has 1 unspecified atom stereocenters. The van der Waals surface area contributed by atoms with Gasteiger partial charge in [-0.3, -0.25) is 4.79 Å². The van der Waals surface area contributed by atoms with Crippen molar-refractivity contribution in [2.24, 2.45) is 5.73 Å². The lowest BCUT2D eigenvalue weighted by Gasteiger charge is -2.12. The van der Waals surface area contributed by atoms with Crippen LogP contribution < -0.4 is 20.5 Å². The molecule has 1 aromatic heterocycles. The van der Waals surface area contributed by atoms with Gasteiger partial charge in [0.05, 0.1) is 12.6 Å². The Labute approximate surface area is 160 Å². The molecule has 1 amide bonds. The number of carbonyl (C=O) groups is 1. The smallest absolute Gasteiger partial charge is 0.237 e. The minimum absolute atomic E-state index is 0. The molecule has 1 atom stereocenters. The van der Waals surface area contributed by atoms with E-state index in [0.717, 1.165) is 12.0 Å². The van der Waals surface area contributed by atoms with Crippen LogP contribution in [0.2, 0.25) is 0 Å². The molecule has 0 fully saturated rings. The fourth-order valence-corrected chi connectivity index (χ4v) is 2.26. The molecule has 142 valence electrons. The van der Waals surface area contributed by atoms with Gasteiger partial charge in [0.1, 0.15) is 0 Å². The van der Waals surface area contributed by atoms with E-state index in [-0.39, 0.29) is 18.3 Å². The van der Waals surface area contributed by atoms with Gasteiger partial charge in [-0.05, 0) is 31.0 Å². The zero-order valence-corrected chi connectivity index (χ0v) is 15.9. The number of nitrogens with zero attached hydrogens (tertiary/aromatic N) is 1. The Bertz CT molecular complexity index is 680. The van der Waals surface area contributed by atoms with E-state index in [1.165, 1.54) is 0 Å². The van der Waals surface area contributed by atoms with Crippen LogP contribution in [-0.4, -0.2) is 23.5 Å². The number of halogens is 1. The predicted octanol–water partition coefficient (Wildman–Crippen LogP) is 3.44. The van der Waals surface area contributed by atoms with Crippen molar-refractivity contribution in [1.29, 1.82) is 0 Å². The second-order valence-electron chi connectivity index (χ2n) is 5.60. The van der Waals surface area contributed by atoms with Crippen LogP contribution in [0.1, 0.15) is 32.3 Å². The Morgan fingerprint density at radius 1 is 1.19 bits per heavy atom. The second kappa shape index (κ2) is 11.3. The van der Waals surface area contributed by atoms with Crippen LogP contribution in [0.4, 0.5) is 0 Å². The summed E-state index contributed by atoms with van der Waals surface area (Å²) in [7, 11) is 0. The molecule has 7 heteroatoms. The number of rotatable bonds is 9. The highest BCUT2D eigenvalue weighted by Gasteiger charge is 2.11. The number of benzene rings is 1. The summed E-state index contributed by atoms with van der Waals surface area (Å²) in [5.41, 5.74) is 6.66. The first-order chi connectivity index (χ1) is 12.1. The summed E-state index contributed by atoms with van der Waals surface area (Å²) in [5, 5.41) is 2.81. The van der Waals surface area contributed by atoms with Crippen LogP contribution in [0.5, 0.6) is 17.4 Å². The number of carbonyl (C=O) groups excluding carboxylic acids is 1. The average molecular weight is 380 g/mol. The van der Waals surface area contributed by atoms with Crippen LogP contribution in [0.25, 0.3) is 0 Å². The van der Waals surface area contributed by atoms with Crippen molar-refractivity contribution < 1.29 is 14.3 Å². The van der Waals surface area contributed by atoms with Crippen molar-refractivity contribution in [3.05, 3.63) is 48.2 Å². The zero-order valence-electron chi connectivity index (χ0n) is 15.1. The molecular formula is C19H26ClN3O3. The molecule has 0 aliphatic rings. The van der Waals surface area contributed by atoms with E-state index in [1.807, 2.05) is 44.2 Å². The lowest BCUT2D eigenvalue weighted by Crippen LogP contribution is -2.40. The molecule has 3 N–H and O–H groups in total. The number of aromatic nitrogens is 1. The van der Waals surface area contributed by atoms with Crippen molar-refractivity contribution in [1.82, 2.24) is 10.3 Å². The molecule has 0 aliphatic carbocycles. The third kappa shape index (κ3) is 6.54. The molecule has 0 aliphatic heterocycles. The van der Waals surface area contributed by atoms with Crippen molar-refractivity contribution in [3.63, 3.8) is 0 Å². The van der Waals surface area contributed by atoms with Gasteiger partial charge in [-0.25, -0.2) is 4.98 Å². The van der Waals surface area contributed by atoms with Crippen molar-refractivity contribution in [2.45, 2.75) is 39.3 Å². The minimum atomic E-state index is -0.462. The summed E-state index contributed by atoms with van der Waals surface area (Å²) in [5.74, 6) is 1.61. The SMILES string of the molecule is CCCC(N)C(=O)NCc1ccc(Oc2ccccc2OCC)nc1.Cl. The maximum absolute atomic E-state index is 11.8. The zero-order chi connectivity index (χ0) is 18.1. The highest BCUT2D eigenvalue weighted by Crippen LogP contribution is 2.30. The lowest BCUT2D eigenvalue weighted by molar-refractivity contribution is -0.122. The number of nitrogens with two attached hydrogens (primary N) is 1. The minimum Gasteiger partial charge on any atom is -0.490 e. The van der Waals surface area contributed by atoms with Gasteiger partial charge >= 0.3 is 0 Å². The van der Waals surface area contributed by atoms with Gasteiger partial charge in [-0.2, -0.15) is 0 Å². The molecule has 1 aromatic carbocycles. The summed E-state index contributed by atoms with van der Waals surface area (Å²) in [6.45, 7) is 4.87. The Hall–Kier alpha value is -2.31. The molecule has 6 nitrogen and oxygen atoms in total. The Kier molecular flexibility index (Phi) is 9.47. The second-order valence-corrected chi connectivity index (χ2v) is 5.60. The monoisotopic (exact) mass is 379 g/mol. The van der Waals surface area contributed by atoms with Gasteiger partial charge in [0.15, 0.2) is 11.5 Å². The van der Waals surface area contributed by atoms with Gasteiger partial charge in [-0.15, -0.1) is 12.4 Å². The van der Waals surface area contributed by atoms with E-state index < -0.39 is 6.04 Å². The standard InChI is InChI=1S/C19H25N3O3.ClH/c1-3-7-15(20)19(23)22-13-14-10-11-18(21-12-14)25-17-9-6-5-8-16(17)24-4-2;/h5-6,8-12,15H,3-4,7,13,20H2,1-2H3,(H,22,23);1H. The number of nitrogens with one attached hydrogen (secondary N) is 1. The Morgan fingerprint density at radius 3 is 2.54 bits per heavy atom. The number of hydrogen-bond acceptors (Lipinski definition) is 5. The molecule has 0 radical (unpaired) electrons. The van der Waals surface area contributed by atoms with Gasteiger partial charge in [-0.1, -0.05) is 31.5 Å². The third-order valence-corrected chi connectivity index (χ3v) is 3.56. The van der Waals surface area contributed by atoms with Crippen molar-refractivity contribution in [2.75, 3.05) is 6.61 Å². The largest absolute Gasteiger partial charge is 0.490 e. The molecule has 0 spiro atoms. The first-order valence-electron chi connectivity index (χ1n) is 8.52. The highest BCUT2D eigenvalue weighted by molar-refractivity contribution is 5.85. The summed E-state index contributed by atoms with van der Waals surface area (Å²) < 4.78 is 11.3. The first kappa shape index (κ1) is 21.7. The number of para-hydroxylation sites is 2. The van der Waals surface area contributed by atoms with Gasteiger partial charge in [0, 0.05) is 18.8 Å². The Balaban J connectivity index is 0.00000338. The summed E-state index contributed by atoms with van der Waals surface area (Å²) in [6, 6.07) is 10.6. The first-order valence-corrected chi connectivity index (χ1v) is 8.52. The molecular weight excluding hydrogens is 354 g/mol. The average Bonchev–Trinajstić information content (AvgIpc) is 2.63. The van der Waals surface area contributed by atoms with Gasteiger partial charge in [0.2, 0.25) is 11.8 Å². The Morgan fingerprint density at radius 2 is 1.92 bits per heavy atom. The molecule has 26 heavy (non-hydrogen) atoms. The van der Waals surface area contributed by atoms with Gasteiger partial charge in [0.25, 0.3) is 0 Å². The van der Waals surface area contributed by atoms with E-state index in [9.17, 15) is 4.79 Å². The van der Waals surface area contributed by atoms with Crippen molar-refractivity contribution >= 4 is 18.3 Å². The third-order valence-electron chi connectivity index (χ3n) is 3.56. The molecule has 0 saturated heterocycles. The molecule has 0 bridgehead atoms. The molecule has 1 heterocycles. The van der Waals surface area contributed by atoms with E-state index in [0.29, 0.717) is 37.0 Å². The summed E-state index contributed by atoms with van der Waals surface area (Å²) in [4.78, 5) is 16.1. The number of pyridine rings is 1.